The molecule has 4 aromatic rings. The number of anilines is 2. The number of ether oxygens (including phenoxy) is 1. The largest absolute Gasteiger partial charge is 0.492 e. The fourth-order valence-corrected chi connectivity index (χ4v) is 3.74. The summed E-state index contributed by atoms with van der Waals surface area (Å²) < 4.78 is 5.89. The summed E-state index contributed by atoms with van der Waals surface area (Å²) in [5, 5.41) is 8.56. The van der Waals surface area contributed by atoms with Crippen LogP contribution in [0, 0.1) is 0 Å². The molecule has 4 aromatic carbocycles. The van der Waals surface area contributed by atoms with E-state index in [0.29, 0.717) is 34.9 Å². The van der Waals surface area contributed by atoms with Crippen molar-refractivity contribution in [2.75, 3.05) is 17.2 Å². The summed E-state index contributed by atoms with van der Waals surface area (Å²) in [5.41, 5.74) is 3.06. The monoisotopic (exact) mass is 495 g/mol. The quantitative estimate of drug-likeness (QED) is 0.274. The van der Waals surface area contributed by atoms with E-state index in [4.69, 9.17) is 17.0 Å². The number of thiocarbonyl (C=S) groups is 1. The number of nitrogens with one attached hydrogen (secondary N) is 3. The molecule has 0 saturated heterocycles. The van der Waals surface area contributed by atoms with Crippen LogP contribution < -0.4 is 20.7 Å². The molecule has 2 amide bonds. The average molecular weight is 496 g/mol. The van der Waals surface area contributed by atoms with Gasteiger partial charge in [-0.2, -0.15) is 0 Å². The van der Waals surface area contributed by atoms with Crippen molar-refractivity contribution in [3.05, 3.63) is 126 Å². The molecule has 6 nitrogen and oxygen atoms in total. The van der Waals surface area contributed by atoms with Gasteiger partial charge in [0.1, 0.15) is 5.75 Å². The van der Waals surface area contributed by atoms with Gasteiger partial charge in [0.15, 0.2) is 5.11 Å². The van der Waals surface area contributed by atoms with Crippen LogP contribution in [-0.2, 0) is 6.42 Å². The van der Waals surface area contributed by atoms with Crippen molar-refractivity contribution >= 4 is 40.5 Å². The Morgan fingerprint density at radius 3 is 2.03 bits per heavy atom. The van der Waals surface area contributed by atoms with Gasteiger partial charge in [-0.25, -0.2) is 0 Å². The topological polar surface area (TPSA) is 79.5 Å². The van der Waals surface area contributed by atoms with Crippen LogP contribution in [0.5, 0.6) is 5.75 Å². The van der Waals surface area contributed by atoms with Crippen LogP contribution in [-0.4, -0.2) is 23.5 Å². The van der Waals surface area contributed by atoms with Crippen LogP contribution in [0.2, 0.25) is 0 Å². The molecule has 180 valence electrons. The smallest absolute Gasteiger partial charge is 0.261 e. The SMILES string of the molecule is O=C(Nc1ccccc1)c1ccccc1NC(=S)NC(=O)c1ccccc1OCCc1ccccc1. The summed E-state index contributed by atoms with van der Waals surface area (Å²) in [7, 11) is 0. The molecular weight excluding hydrogens is 470 g/mol. The number of rotatable bonds is 8. The maximum atomic E-state index is 13.0. The lowest BCUT2D eigenvalue weighted by Gasteiger charge is -2.15. The van der Waals surface area contributed by atoms with E-state index in [1.165, 1.54) is 0 Å². The first-order chi connectivity index (χ1) is 17.6. The van der Waals surface area contributed by atoms with Crippen LogP contribution in [0.3, 0.4) is 0 Å². The van der Waals surface area contributed by atoms with E-state index in [2.05, 4.69) is 16.0 Å². The Labute approximate surface area is 215 Å². The van der Waals surface area contributed by atoms with Gasteiger partial charge in [0.25, 0.3) is 11.8 Å². The molecule has 0 atom stereocenters. The van der Waals surface area contributed by atoms with Gasteiger partial charge in [-0.3, -0.25) is 14.9 Å². The highest BCUT2D eigenvalue weighted by atomic mass is 32.1. The molecule has 4 rings (SSSR count). The van der Waals surface area contributed by atoms with Crippen LogP contribution >= 0.6 is 12.2 Å². The lowest BCUT2D eigenvalue weighted by Crippen LogP contribution is -2.35. The number of carbonyl (C=O) groups excluding carboxylic acids is 2. The Kier molecular flexibility index (Phi) is 8.40. The highest BCUT2D eigenvalue weighted by Gasteiger charge is 2.16. The predicted molar refractivity (Wildman–Crippen MR) is 147 cm³/mol. The molecule has 36 heavy (non-hydrogen) atoms. The Balaban J connectivity index is 1.38. The predicted octanol–water partition coefficient (Wildman–Crippen LogP) is 5.69. The molecule has 0 aliphatic carbocycles. The van der Waals surface area contributed by atoms with Crippen molar-refractivity contribution in [2.24, 2.45) is 0 Å². The molecule has 0 aliphatic rings. The van der Waals surface area contributed by atoms with Gasteiger partial charge >= 0.3 is 0 Å². The van der Waals surface area contributed by atoms with E-state index < -0.39 is 5.91 Å². The summed E-state index contributed by atoms with van der Waals surface area (Å²) >= 11 is 5.37. The molecule has 3 N–H and O–H groups in total. The highest BCUT2D eigenvalue weighted by Crippen LogP contribution is 2.20. The van der Waals surface area contributed by atoms with Crippen molar-refractivity contribution in [3.63, 3.8) is 0 Å². The molecule has 0 unspecified atom stereocenters. The van der Waals surface area contributed by atoms with Crippen molar-refractivity contribution in [2.45, 2.75) is 6.42 Å². The second-order valence-corrected chi connectivity index (χ2v) is 8.26. The molecule has 0 saturated carbocycles. The molecule has 0 fully saturated rings. The number of para-hydroxylation sites is 3. The van der Waals surface area contributed by atoms with Gasteiger partial charge in [0.05, 0.1) is 23.4 Å². The molecule has 7 heteroatoms. The lowest BCUT2D eigenvalue weighted by atomic mass is 10.1. The minimum absolute atomic E-state index is 0.0686. The number of amides is 2. The van der Waals surface area contributed by atoms with Gasteiger partial charge in [0.2, 0.25) is 0 Å². The zero-order valence-corrected chi connectivity index (χ0v) is 20.3. The van der Waals surface area contributed by atoms with Crippen molar-refractivity contribution in [1.82, 2.24) is 5.32 Å². The van der Waals surface area contributed by atoms with Crippen molar-refractivity contribution in [3.8, 4) is 5.75 Å². The first-order valence-corrected chi connectivity index (χ1v) is 11.8. The van der Waals surface area contributed by atoms with Crippen LogP contribution in [0.25, 0.3) is 0 Å². The van der Waals surface area contributed by atoms with E-state index in [9.17, 15) is 9.59 Å². The average Bonchev–Trinajstić information content (AvgIpc) is 2.90. The van der Waals surface area contributed by atoms with E-state index in [-0.39, 0.29) is 11.0 Å². The standard InChI is InChI=1S/C29H25N3O3S/c33-27(30-22-13-5-2-6-14-22)23-15-7-9-17-25(23)31-29(36)32-28(34)24-16-8-10-18-26(24)35-20-19-21-11-3-1-4-12-21/h1-18H,19-20H2,(H,30,33)(H2,31,32,34,36). The Bertz CT molecular complexity index is 1340. The third kappa shape index (κ3) is 6.77. The van der Waals surface area contributed by atoms with Crippen LogP contribution in [0.15, 0.2) is 109 Å². The molecule has 0 bridgehead atoms. The van der Waals surface area contributed by atoms with Crippen molar-refractivity contribution in [1.29, 1.82) is 0 Å². The lowest BCUT2D eigenvalue weighted by molar-refractivity contribution is 0.0972. The summed E-state index contributed by atoms with van der Waals surface area (Å²) in [5.74, 6) is -0.235. The molecule has 0 heterocycles. The summed E-state index contributed by atoms with van der Waals surface area (Å²) in [4.78, 5) is 25.8. The normalized spacial score (nSPS) is 10.2. The van der Waals surface area contributed by atoms with Gasteiger partial charge in [-0.05, 0) is 54.2 Å². The molecule has 0 aliphatic heterocycles. The van der Waals surface area contributed by atoms with Gasteiger partial charge in [-0.15, -0.1) is 0 Å². The first kappa shape index (κ1) is 24.6. The minimum atomic E-state index is -0.408. The first-order valence-electron chi connectivity index (χ1n) is 11.4. The zero-order chi connectivity index (χ0) is 25.2. The maximum absolute atomic E-state index is 13.0. The fourth-order valence-electron chi connectivity index (χ4n) is 3.54. The third-order valence-corrected chi connectivity index (χ3v) is 5.51. The van der Waals surface area contributed by atoms with Crippen LogP contribution in [0.4, 0.5) is 11.4 Å². The fraction of sp³-hybridized carbons (Fsp3) is 0.0690. The van der Waals surface area contributed by atoms with Gasteiger partial charge < -0.3 is 15.4 Å². The highest BCUT2D eigenvalue weighted by molar-refractivity contribution is 7.80. The minimum Gasteiger partial charge on any atom is -0.492 e. The molecular formula is C29H25N3O3S. The molecule has 0 radical (unpaired) electrons. The summed E-state index contributed by atoms with van der Waals surface area (Å²) in [6.45, 7) is 0.431. The van der Waals surface area contributed by atoms with Gasteiger partial charge in [0, 0.05) is 12.1 Å². The Hall–Kier alpha value is -4.49. The Morgan fingerprint density at radius 2 is 1.28 bits per heavy atom. The van der Waals surface area contributed by atoms with Crippen molar-refractivity contribution < 1.29 is 14.3 Å². The number of carbonyl (C=O) groups is 2. The second-order valence-electron chi connectivity index (χ2n) is 7.85. The second kappa shape index (κ2) is 12.3. The summed E-state index contributed by atoms with van der Waals surface area (Å²) in [6.07, 6.45) is 0.721. The number of hydrogen-bond acceptors (Lipinski definition) is 4. The number of hydrogen-bond donors (Lipinski definition) is 3. The van der Waals surface area contributed by atoms with E-state index >= 15 is 0 Å². The third-order valence-electron chi connectivity index (χ3n) is 5.30. The summed E-state index contributed by atoms with van der Waals surface area (Å²) in [6, 6.07) is 33.1. The van der Waals surface area contributed by atoms with E-state index in [1.54, 1.807) is 54.6 Å². The maximum Gasteiger partial charge on any atom is 0.261 e. The molecule has 0 aromatic heterocycles. The zero-order valence-electron chi connectivity index (χ0n) is 19.4. The number of benzene rings is 4. The Morgan fingerprint density at radius 1 is 0.667 bits per heavy atom. The van der Waals surface area contributed by atoms with Crippen LogP contribution in [0.1, 0.15) is 26.3 Å². The van der Waals surface area contributed by atoms with E-state index in [0.717, 1.165) is 12.0 Å². The van der Waals surface area contributed by atoms with E-state index in [1.807, 2.05) is 54.6 Å². The van der Waals surface area contributed by atoms with Gasteiger partial charge in [-0.1, -0.05) is 72.8 Å². The molecule has 0 spiro atoms.